The van der Waals surface area contributed by atoms with Gasteiger partial charge in [0.05, 0.1) is 11.4 Å². The first-order valence-electron chi connectivity index (χ1n) is 19.6. The highest BCUT2D eigenvalue weighted by molar-refractivity contribution is 6.03. The van der Waals surface area contributed by atoms with E-state index in [2.05, 4.69) is 241 Å². The molecule has 10 aromatic carbocycles. The third-order valence-corrected chi connectivity index (χ3v) is 11.1. The monoisotopic (exact) mass is 725 g/mol. The van der Waals surface area contributed by atoms with Crippen LogP contribution < -0.4 is 4.90 Å². The fourth-order valence-corrected chi connectivity index (χ4v) is 8.29. The second-order valence-electron chi connectivity index (χ2n) is 14.5. The lowest BCUT2D eigenvalue weighted by molar-refractivity contribution is 1.30. The van der Waals surface area contributed by atoms with E-state index in [1.165, 1.54) is 77.2 Å². The molecule has 268 valence electrons. The normalized spacial score (nSPS) is 11.2. The van der Waals surface area contributed by atoms with Crippen LogP contribution in [0.3, 0.4) is 0 Å². The molecule has 0 saturated carbocycles. The number of benzene rings is 10. The summed E-state index contributed by atoms with van der Waals surface area (Å²) in [6, 6.07) is 85.7. The van der Waals surface area contributed by atoms with Crippen molar-refractivity contribution >= 4 is 38.6 Å². The first-order valence-corrected chi connectivity index (χ1v) is 19.6. The second kappa shape index (κ2) is 15.0. The summed E-state index contributed by atoms with van der Waals surface area (Å²) in [4.78, 5) is 2.46. The Labute approximate surface area is 334 Å². The number of hydrogen-bond donors (Lipinski definition) is 0. The summed E-state index contributed by atoms with van der Waals surface area (Å²) < 4.78 is 0. The van der Waals surface area contributed by atoms with Crippen molar-refractivity contribution in [1.82, 2.24) is 0 Å². The van der Waals surface area contributed by atoms with Crippen LogP contribution in [-0.2, 0) is 0 Å². The van der Waals surface area contributed by atoms with Crippen LogP contribution in [0.1, 0.15) is 0 Å². The van der Waals surface area contributed by atoms with Crippen molar-refractivity contribution < 1.29 is 0 Å². The molecular weight excluding hydrogens is 687 g/mol. The molecule has 0 aliphatic carbocycles. The smallest absolute Gasteiger partial charge is 0.0546 e. The van der Waals surface area contributed by atoms with Crippen molar-refractivity contribution in [3.8, 4) is 55.6 Å². The van der Waals surface area contributed by atoms with E-state index in [0.29, 0.717) is 0 Å². The SMILES string of the molecule is c1ccc(-c2ccc(-c3ccc(N(c4cc(-c5cccc6ccccc56)ccc4-c4ccccc4)c4cccc5ccccc45)cc3)cc2-c2ccccc2)cc1. The fraction of sp³-hybridized carbons (Fsp3) is 0. The number of nitrogens with zero attached hydrogens (tertiary/aromatic N) is 1. The molecule has 0 fully saturated rings. The maximum atomic E-state index is 2.46. The maximum absolute atomic E-state index is 2.46. The minimum absolute atomic E-state index is 1.09. The van der Waals surface area contributed by atoms with Crippen LogP contribution in [0.4, 0.5) is 17.1 Å². The van der Waals surface area contributed by atoms with Crippen molar-refractivity contribution in [3.05, 3.63) is 237 Å². The highest BCUT2D eigenvalue weighted by Crippen LogP contribution is 2.46. The van der Waals surface area contributed by atoms with Gasteiger partial charge in [-0.25, -0.2) is 0 Å². The molecule has 0 aliphatic heterocycles. The van der Waals surface area contributed by atoms with Gasteiger partial charge < -0.3 is 4.90 Å². The molecule has 0 atom stereocenters. The second-order valence-corrected chi connectivity index (χ2v) is 14.5. The van der Waals surface area contributed by atoms with E-state index in [9.17, 15) is 0 Å². The lowest BCUT2D eigenvalue weighted by Gasteiger charge is -2.30. The molecule has 10 rings (SSSR count). The molecule has 0 N–H and O–H groups in total. The van der Waals surface area contributed by atoms with Gasteiger partial charge in [0, 0.05) is 16.6 Å². The maximum Gasteiger partial charge on any atom is 0.0546 e. The Hall–Kier alpha value is -7.48. The van der Waals surface area contributed by atoms with Crippen LogP contribution >= 0.6 is 0 Å². The highest BCUT2D eigenvalue weighted by Gasteiger charge is 2.21. The van der Waals surface area contributed by atoms with Crippen molar-refractivity contribution in [2.75, 3.05) is 4.90 Å². The molecule has 0 spiro atoms. The molecule has 0 saturated heterocycles. The molecular formula is C56H39N. The van der Waals surface area contributed by atoms with E-state index >= 15 is 0 Å². The fourth-order valence-electron chi connectivity index (χ4n) is 8.29. The highest BCUT2D eigenvalue weighted by atomic mass is 15.1. The lowest BCUT2D eigenvalue weighted by atomic mass is 9.91. The molecule has 57 heavy (non-hydrogen) atoms. The molecule has 10 aromatic rings. The minimum Gasteiger partial charge on any atom is -0.309 e. The van der Waals surface area contributed by atoms with Crippen LogP contribution in [0.5, 0.6) is 0 Å². The van der Waals surface area contributed by atoms with Crippen molar-refractivity contribution in [3.63, 3.8) is 0 Å². The first-order chi connectivity index (χ1) is 28.3. The Morgan fingerprint density at radius 2 is 0.719 bits per heavy atom. The van der Waals surface area contributed by atoms with Gasteiger partial charge in [-0.05, 0) is 96.6 Å². The Kier molecular flexibility index (Phi) is 8.95. The van der Waals surface area contributed by atoms with E-state index in [1.807, 2.05) is 0 Å². The Bertz CT molecular complexity index is 2980. The summed E-state index contributed by atoms with van der Waals surface area (Å²) in [6.45, 7) is 0. The molecule has 0 aromatic heterocycles. The van der Waals surface area contributed by atoms with Gasteiger partial charge >= 0.3 is 0 Å². The molecule has 0 radical (unpaired) electrons. The summed E-state index contributed by atoms with van der Waals surface area (Å²) in [6.07, 6.45) is 0. The van der Waals surface area contributed by atoms with Crippen LogP contribution in [0.25, 0.3) is 77.2 Å². The van der Waals surface area contributed by atoms with Gasteiger partial charge in [-0.1, -0.05) is 206 Å². The largest absolute Gasteiger partial charge is 0.309 e. The standard InChI is InChI=1S/C56H39N/c1-4-16-41(17-5-1)51-36-32-46(38-54(51)45-20-8-3-9-21-45)40-30-34-48(35-31-40)57(55-29-15-25-44-23-11-13-27-52(44)55)56-39-47(33-37-53(56)43-18-6-2-7-19-43)50-28-14-24-42-22-10-12-26-49(42)50/h1-39H. The molecule has 0 unspecified atom stereocenters. The number of rotatable bonds is 8. The van der Waals surface area contributed by atoms with E-state index in [-0.39, 0.29) is 0 Å². The summed E-state index contributed by atoms with van der Waals surface area (Å²) in [7, 11) is 0. The average molecular weight is 726 g/mol. The zero-order valence-corrected chi connectivity index (χ0v) is 31.5. The van der Waals surface area contributed by atoms with Gasteiger partial charge in [0.2, 0.25) is 0 Å². The quantitative estimate of drug-likeness (QED) is 0.151. The molecule has 0 bridgehead atoms. The predicted octanol–water partition coefficient (Wildman–Crippen LogP) is 15.8. The third-order valence-electron chi connectivity index (χ3n) is 11.1. The summed E-state index contributed by atoms with van der Waals surface area (Å²) in [5.41, 5.74) is 15.3. The zero-order valence-electron chi connectivity index (χ0n) is 31.5. The number of anilines is 3. The summed E-state index contributed by atoms with van der Waals surface area (Å²) in [5.74, 6) is 0. The van der Waals surface area contributed by atoms with E-state index in [0.717, 1.165) is 17.1 Å². The van der Waals surface area contributed by atoms with E-state index < -0.39 is 0 Å². The van der Waals surface area contributed by atoms with Gasteiger partial charge in [-0.15, -0.1) is 0 Å². The lowest BCUT2D eigenvalue weighted by Crippen LogP contribution is -2.12. The zero-order chi connectivity index (χ0) is 38.0. The van der Waals surface area contributed by atoms with Gasteiger partial charge in [0.25, 0.3) is 0 Å². The van der Waals surface area contributed by atoms with Crippen molar-refractivity contribution in [2.24, 2.45) is 0 Å². The van der Waals surface area contributed by atoms with Crippen LogP contribution in [0, 0.1) is 0 Å². The molecule has 1 heteroatoms. The van der Waals surface area contributed by atoms with Gasteiger partial charge in [0.1, 0.15) is 0 Å². The summed E-state index contributed by atoms with van der Waals surface area (Å²) >= 11 is 0. The Balaban J connectivity index is 1.16. The first kappa shape index (κ1) is 34.0. The third kappa shape index (κ3) is 6.56. The van der Waals surface area contributed by atoms with Gasteiger partial charge in [-0.2, -0.15) is 0 Å². The topological polar surface area (TPSA) is 3.24 Å². The van der Waals surface area contributed by atoms with Crippen molar-refractivity contribution in [2.45, 2.75) is 0 Å². The van der Waals surface area contributed by atoms with Crippen LogP contribution in [-0.4, -0.2) is 0 Å². The number of fused-ring (bicyclic) bond motifs is 2. The molecule has 0 amide bonds. The molecule has 1 nitrogen and oxygen atoms in total. The Morgan fingerprint density at radius 1 is 0.228 bits per heavy atom. The predicted molar refractivity (Wildman–Crippen MR) is 243 cm³/mol. The van der Waals surface area contributed by atoms with E-state index in [1.54, 1.807) is 0 Å². The van der Waals surface area contributed by atoms with Gasteiger partial charge in [-0.3, -0.25) is 0 Å². The van der Waals surface area contributed by atoms with Crippen LogP contribution in [0.15, 0.2) is 237 Å². The van der Waals surface area contributed by atoms with Gasteiger partial charge in [0.15, 0.2) is 0 Å². The van der Waals surface area contributed by atoms with Crippen molar-refractivity contribution in [1.29, 1.82) is 0 Å². The van der Waals surface area contributed by atoms with Crippen LogP contribution in [0.2, 0.25) is 0 Å². The molecule has 0 aliphatic rings. The van der Waals surface area contributed by atoms with E-state index in [4.69, 9.17) is 0 Å². The summed E-state index contributed by atoms with van der Waals surface area (Å²) in [5, 5.41) is 4.88. The Morgan fingerprint density at radius 3 is 1.40 bits per heavy atom. The average Bonchev–Trinajstić information content (AvgIpc) is 3.30. The molecule has 0 heterocycles. The minimum atomic E-state index is 1.09. The number of hydrogen-bond acceptors (Lipinski definition) is 1.